The van der Waals surface area contributed by atoms with E-state index in [-0.39, 0.29) is 25.9 Å². The minimum Gasteiger partial charge on any atom is -0.479 e. The van der Waals surface area contributed by atoms with Crippen LogP contribution in [-0.2, 0) is 42.9 Å². The fourth-order valence-electron chi connectivity index (χ4n) is 8.69. The monoisotopic (exact) mass is 1000 g/mol. The second-order valence-electron chi connectivity index (χ2n) is 19.9. The van der Waals surface area contributed by atoms with Gasteiger partial charge < -0.3 is 39.0 Å². The number of ether oxygens (including phenoxy) is 5. The minimum atomic E-state index is -1.90. The van der Waals surface area contributed by atoms with Gasteiger partial charge in [0, 0.05) is 19.3 Å². The summed E-state index contributed by atoms with van der Waals surface area (Å²) in [6.07, 6.45) is 42.7. The number of aliphatic hydroxyl groups is 2. The number of carboxylic acids is 1. The van der Waals surface area contributed by atoms with Crippen molar-refractivity contribution in [3.05, 3.63) is 36.5 Å². The van der Waals surface area contributed by atoms with Gasteiger partial charge in [-0.2, -0.15) is 0 Å². The second-order valence-corrected chi connectivity index (χ2v) is 19.9. The molecule has 1 rings (SSSR count). The number of carboxylic acid groups (broad SMARTS) is 1. The number of allylic oxidation sites excluding steroid dienone is 6. The van der Waals surface area contributed by atoms with E-state index < -0.39 is 67.3 Å². The van der Waals surface area contributed by atoms with Crippen molar-refractivity contribution in [2.24, 2.45) is 0 Å². The molecule has 0 aromatic carbocycles. The van der Waals surface area contributed by atoms with E-state index in [1.807, 2.05) is 0 Å². The summed E-state index contributed by atoms with van der Waals surface area (Å²) in [5.74, 6) is -3.13. The first kappa shape index (κ1) is 66.0. The lowest BCUT2D eigenvalue weighted by Gasteiger charge is -2.40. The van der Waals surface area contributed by atoms with Crippen molar-refractivity contribution in [3.63, 3.8) is 0 Å². The molecule has 6 unspecified atom stereocenters. The summed E-state index contributed by atoms with van der Waals surface area (Å²) in [6, 6.07) is 0. The molecule has 1 heterocycles. The van der Waals surface area contributed by atoms with Gasteiger partial charge in [0.2, 0.25) is 0 Å². The Labute approximate surface area is 431 Å². The number of carbonyl (C=O) groups is 4. The van der Waals surface area contributed by atoms with Gasteiger partial charge in [-0.05, 0) is 77.0 Å². The van der Waals surface area contributed by atoms with Gasteiger partial charge >= 0.3 is 23.9 Å². The molecule has 412 valence electrons. The molecule has 0 radical (unpaired) electrons. The molecule has 1 aliphatic heterocycles. The topological polar surface area (TPSA) is 175 Å². The van der Waals surface area contributed by atoms with Crippen molar-refractivity contribution in [2.45, 2.75) is 302 Å². The fraction of sp³-hybridized carbons (Fsp3) is 0.831. The average molecular weight is 1010 g/mol. The Bertz CT molecular complexity index is 1380. The molecule has 12 heteroatoms. The highest BCUT2D eigenvalue weighted by atomic mass is 16.7. The molecular weight excluding hydrogens is 901 g/mol. The van der Waals surface area contributed by atoms with E-state index in [9.17, 15) is 34.5 Å². The van der Waals surface area contributed by atoms with Crippen LogP contribution in [-0.4, -0.2) is 89.2 Å². The molecule has 1 saturated heterocycles. The summed E-state index contributed by atoms with van der Waals surface area (Å²) in [5.41, 5.74) is 0. The molecule has 1 fully saturated rings. The Morgan fingerprint density at radius 3 is 1.31 bits per heavy atom. The van der Waals surface area contributed by atoms with Crippen LogP contribution in [0.4, 0.5) is 0 Å². The third-order valence-corrected chi connectivity index (χ3v) is 13.2. The van der Waals surface area contributed by atoms with Crippen LogP contribution in [0.5, 0.6) is 0 Å². The van der Waals surface area contributed by atoms with Crippen LogP contribution < -0.4 is 0 Å². The Morgan fingerprint density at radius 1 is 0.465 bits per heavy atom. The normalized spacial score (nSPS) is 18.7. The lowest BCUT2D eigenvalue weighted by molar-refractivity contribution is -0.301. The maximum Gasteiger partial charge on any atom is 0.335 e. The van der Waals surface area contributed by atoms with Crippen molar-refractivity contribution in [1.29, 1.82) is 0 Å². The van der Waals surface area contributed by atoms with Crippen LogP contribution in [0, 0.1) is 0 Å². The number of aliphatic carboxylic acids is 1. The molecule has 0 aromatic rings. The van der Waals surface area contributed by atoms with Gasteiger partial charge in [0.15, 0.2) is 24.6 Å². The van der Waals surface area contributed by atoms with Gasteiger partial charge in [-0.3, -0.25) is 14.4 Å². The van der Waals surface area contributed by atoms with Gasteiger partial charge in [-0.15, -0.1) is 0 Å². The summed E-state index contributed by atoms with van der Waals surface area (Å²) in [6.45, 7) is 5.93. The van der Waals surface area contributed by atoms with E-state index >= 15 is 0 Å². The van der Waals surface area contributed by atoms with Gasteiger partial charge in [0.25, 0.3) is 0 Å². The smallest absolute Gasteiger partial charge is 0.335 e. The van der Waals surface area contributed by atoms with Crippen LogP contribution in [0.3, 0.4) is 0 Å². The fourth-order valence-corrected chi connectivity index (χ4v) is 8.69. The standard InChI is InChI=1S/C59H104O12/c1-4-7-10-13-16-19-21-23-25-26-28-30-32-35-38-41-44-47-53(62)70-57-55(64)54(63)56(58(65)66)71-59(57)68-49-50(69-52(61)46-43-40-37-33-18-15-12-9-6-3)48-67-51(60)45-42-39-36-34-31-29-27-24-22-20-17-14-11-8-5-2/h17,20,23-25,27,50,54-57,59,63-64H,4-16,18-19,21-22,26,28-49H2,1-3H3,(H,65,66)/b20-17-,25-23-,27-24-. The molecule has 71 heavy (non-hydrogen) atoms. The molecule has 0 saturated carbocycles. The van der Waals surface area contributed by atoms with Crippen molar-refractivity contribution < 1.29 is 58.2 Å². The quantitative estimate of drug-likeness (QED) is 0.0228. The van der Waals surface area contributed by atoms with Gasteiger partial charge in [0.1, 0.15) is 18.8 Å². The Kier molecular flexibility index (Phi) is 44.5. The van der Waals surface area contributed by atoms with E-state index in [1.54, 1.807) is 0 Å². The summed E-state index contributed by atoms with van der Waals surface area (Å²) in [7, 11) is 0. The summed E-state index contributed by atoms with van der Waals surface area (Å²) in [4.78, 5) is 50.9. The molecule has 3 N–H and O–H groups in total. The van der Waals surface area contributed by atoms with Crippen LogP contribution in [0.2, 0.25) is 0 Å². The maximum atomic E-state index is 13.0. The molecule has 1 aliphatic rings. The molecule has 0 bridgehead atoms. The Balaban J connectivity index is 2.66. The summed E-state index contributed by atoms with van der Waals surface area (Å²) in [5, 5.41) is 31.4. The number of carbonyl (C=O) groups excluding carboxylic acids is 3. The summed E-state index contributed by atoms with van der Waals surface area (Å²) < 4.78 is 28.3. The van der Waals surface area contributed by atoms with Crippen molar-refractivity contribution in [1.82, 2.24) is 0 Å². The number of hydrogen-bond donors (Lipinski definition) is 3. The molecule has 0 aromatic heterocycles. The zero-order chi connectivity index (χ0) is 51.8. The Morgan fingerprint density at radius 2 is 0.845 bits per heavy atom. The molecular formula is C59H104O12. The number of esters is 3. The number of hydrogen-bond acceptors (Lipinski definition) is 11. The Hall–Kier alpha value is -3.06. The number of unbranched alkanes of at least 4 members (excludes halogenated alkanes) is 29. The highest BCUT2D eigenvalue weighted by Gasteiger charge is 2.50. The number of rotatable bonds is 49. The lowest BCUT2D eigenvalue weighted by atomic mass is 9.98. The first-order chi connectivity index (χ1) is 34.6. The van der Waals surface area contributed by atoms with Crippen molar-refractivity contribution in [2.75, 3.05) is 13.2 Å². The SMILES string of the molecule is CCCCC/C=C\C/C=C\CCCCCCCC(=O)OCC(COC1OC(C(=O)O)C(O)C(O)C1OC(=O)CCCCCCCCC/C=C\CCCCCCCC)OC(=O)CCCCCCCCCCC. The highest BCUT2D eigenvalue weighted by Crippen LogP contribution is 2.26. The van der Waals surface area contributed by atoms with E-state index in [1.165, 1.54) is 109 Å². The molecule has 0 amide bonds. The summed E-state index contributed by atoms with van der Waals surface area (Å²) >= 11 is 0. The van der Waals surface area contributed by atoms with E-state index in [0.29, 0.717) is 19.3 Å². The van der Waals surface area contributed by atoms with Crippen molar-refractivity contribution in [3.8, 4) is 0 Å². The van der Waals surface area contributed by atoms with Gasteiger partial charge in [-0.25, -0.2) is 4.79 Å². The lowest BCUT2D eigenvalue weighted by Crippen LogP contribution is -2.61. The number of aliphatic hydroxyl groups excluding tert-OH is 2. The van der Waals surface area contributed by atoms with Gasteiger partial charge in [-0.1, -0.05) is 205 Å². The largest absolute Gasteiger partial charge is 0.479 e. The van der Waals surface area contributed by atoms with Gasteiger partial charge in [0.05, 0.1) is 6.61 Å². The third-order valence-electron chi connectivity index (χ3n) is 13.2. The highest BCUT2D eigenvalue weighted by molar-refractivity contribution is 5.74. The maximum absolute atomic E-state index is 13.0. The van der Waals surface area contributed by atoms with E-state index in [2.05, 4.69) is 57.2 Å². The zero-order valence-corrected chi connectivity index (χ0v) is 45.2. The molecule has 6 atom stereocenters. The predicted molar refractivity (Wildman–Crippen MR) is 285 cm³/mol. The predicted octanol–water partition coefficient (Wildman–Crippen LogP) is 14.5. The van der Waals surface area contributed by atoms with Crippen molar-refractivity contribution >= 4 is 23.9 Å². The molecule has 12 nitrogen and oxygen atoms in total. The third kappa shape index (κ3) is 38.2. The minimum absolute atomic E-state index is 0.0571. The first-order valence-corrected chi connectivity index (χ1v) is 29.0. The van der Waals surface area contributed by atoms with E-state index in [0.717, 1.165) is 96.3 Å². The first-order valence-electron chi connectivity index (χ1n) is 29.0. The van der Waals surface area contributed by atoms with Crippen LogP contribution in [0.25, 0.3) is 0 Å². The molecule has 0 aliphatic carbocycles. The average Bonchev–Trinajstić information content (AvgIpc) is 3.35. The van der Waals surface area contributed by atoms with Crippen LogP contribution in [0.1, 0.15) is 265 Å². The zero-order valence-electron chi connectivity index (χ0n) is 45.2. The van der Waals surface area contributed by atoms with E-state index in [4.69, 9.17) is 23.7 Å². The van der Waals surface area contributed by atoms with Crippen LogP contribution >= 0.6 is 0 Å². The second kappa shape index (κ2) is 47.9. The van der Waals surface area contributed by atoms with Crippen LogP contribution in [0.15, 0.2) is 36.5 Å². The molecule has 0 spiro atoms.